The lowest BCUT2D eigenvalue weighted by atomic mass is 9.67. The average molecular weight is 1680 g/mol. The van der Waals surface area contributed by atoms with E-state index in [0.717, 1.165) is 122 Å². The van der Waals surface area contributed by atoms with Crippen LogP contribution in [0.2, 0.25) is 0 Å². The molecule has 0 saturated heterocycles. The zero-order chi connectivity index (χ0) is 85.8. The number of rotatable bonds is 14. The van der Waals surface area contributed by atoms with E-state index >= 15 is 0 Å². The van der Waals surface area contributed by atoms with Gasteiger partial charge in [-0.1, -0.05) is 328 Å². The molecule has 18 aromatic carbocycles. The van der Waals surface area contributed by atoms with E-state index in [1.54, 1.807) is 0 Å². The number of fused-ring (bicyclic) bond motifs is 14. The van der Waals surface area contributed by atoms with E-state index in [4.69, 9.17) is 53.1 Å². The van der Waals surface area contributed by atoms with Gasteiger partial charge in [-0.3, -0.25) is 0 Å². The van der Waals surface area contributed by atoms with E-state index in [1.165, 1.54) is 75.8 Å². The maximum atomic E-state index is 6.51. The molecular weight excluding hydrogens is 1610 g/mol. The minimum absolute atomic E-state index is 0.584. The Morgan fingerprint density at radius 1 is 0.177 bits per heavy atom. The normalized spacial score (nSPS) is 12.7. The number of hydrogen-bond donors (Lipinski definition) is 0. The second kappa shape index (κ2) is 31.0. The smallest absolute Gasteiger partial charge is 0.227 e. The van der Waals surface area contributed by atoms with Crippen LogP contribution in [0.1, 0.15) is 44.5 Å². The van der Waals surface area contributed by atoms with Gasteiger partial charge in [0.15, 0.2) is 46.1 Å². The molecule has 130 heavy (non-hydrogen) atoms. The maximum Gasteiger partial charge on any atom is 0.227 e. The summed E-state index contributed by atoms with van der Waals surface area (Å²) in [5.74, 6) is 5.03. The van der Waals surface area contributed by atoms with E-state index in [0.29, 0.717) is 46.7 Å². The first kappa shape index (κ1) is 75.5. The second-order valence-electron chi connectivity index (χ2n) is 33.1. The first-order chi connectivity index (χ1) is 64.3. The fraction of sp³-hybridized carbons (Fsp3) is 0.0169. The molecular formula is C118H72N8O3S. The highest BCUT2D eigenvalue weighted by molar-refractivity contribution is 7.25. The van der Waals surface area contributed by atoms with Gasteiger partial charge >= 0.3 is 0 Å². The first-order valence-electron chi connectivity index (χ1n) is 43.6. The summed E-state index contributed by atoms with van der Waals surface area (Å²) in [6.07, 6.45) is 0. The molecule has 0 N–H and O–H groups in total. The third kappa shape index (κ3) is 12.7. The zero-order valence-electron chi connectivity index (χ0n) is 69.8. The third-order valence-corrected chi connectivity index (χ3v) is 26.9. The van der Waals surface area contributed by atoms with Crippen LogP contribution < -0.4 is 0 Å². The third-order valence-electron chi connectivity index (χ3n) is 25.7. The Balaban J connectivity index is 0.000000140. The summed E-state index contributed by atoms with van der Waals surface area (Å²) in [4.78, 5) is 39.7. The average Bonchev–Trinajstić information content (AvgIpc) is 1.53. The minimum Gasteiger partial charge on any atom is -0.456 e. The highest BCUT2D eigenvalue weighted by Gasteiger charge is 2.48. The largest absolute Gasteiger partial charge is 0.456 e. The lowest BCUT2D eigenvalue weighted by Crippen LogP contribution is -2.28. The molecule has 12 heteroatoms. The van der Waals surface area contributed by atoms with Crippen molar-refractivity contribution in [3.63, 3.8) is 0 Å². The second-order valence-corrected chi connectivity index (χ2v) is 34.2. The van der Waals surface area contributed by atoms with E-state index in [-0.39, 0.29) is 0 Å². The van der Waals surface area contributed by atoms with Gasteiger partial charge in [-0.2, -0.15) is 0 Å². The van der Waals surface area contributed by atoms with Crippen molar-refractivity contribution < 1.29 is 13.3 Å². The predicted molar refractivity (Wildman–Crippen MR) is 524 cm³/mol. The number of nitrogens with zero attached hydrogens (tertiary/aromatic N) is 8. The van der Waals surface area contributed by atoms with Gasteiger partial charge in [0, 0.05) is 75.5 Å². The lowest BCUT2D eigenvalue weighted by molar-refractivity contribution is 0.618. The van der Waals surface area contributed by atoms with Gasteiger partial charge in [0.05, 0.1) is 10.8 Å². The number of hydrogen-bond acceptors (Lipinski definition) is 12. The van der Waals surface area contributed by atoms with E-state index in [9.17, 15) is 0 Å². The Morgan fingerprint density at radius 2 is 0.446 bits per heavy atom. The standard InChI is InChI=1S/C59H36N4O2.C59H36N4OS/c1-4-14-38(15-5-1)55-61-56(39-16-6-2-7-17-39)63-57(62-55)42-27-33-53-48(35-42)47-34-41(26-32-52(47)64-53)37-24-28-43(29-25-37)59(49-22-12-10-20-45(49)46-21-11-13-23-50(46)59)44-30-31-51-54(36-44)65-58(60-51)40-18-8-3-9-19-40;1-4-14-38(15-5-1)55-61-56(39-16-6-2-7-17-39)63-57(62-55)42-27-33-54-48(35-42)47-34-41(26-32-53(47)65-54)37-24-28-43(29-25-37)59(49-22-12-10-20-45(49)46-21-11-13-23-50(46)59)44-30-31-51-52(36-44)64-58(60-51)40-18-8-3-9-19-40/h2*1-36H. The van der Waals surface area contributed by atoms with Crippen molar-refractivity contribution in [2.24, 2.45) is 0 Å². The van der Waals surface area contributed by atoms with Crippen LogP contribution in [0.25, 0.3) is 200 Å². The number of thiophene rings is 1. The maximum absolute atomic E-state index is 6.51. The van der Waals surface area contributed by atoms with E-state index in [2.05, 4.69) is 243 Å². The fourth-order valence-electron chi connectivity index (χ4n) is 19.7. The van der Waals surface area contributed by atoms with Crippen molar-refractivity contribution in [1.29, 1.82) is 0 Å². The molecule has 6 aromatic heterocycles. The van der Waals surface area contributed by atoms with Crippen LogP contribution in [-0.2, 0) is 10.8 Å². The predicted octanol–water partition coefficient (Wildman–Crippen LogP) is 29.7. The van der Waals surface area contributed by atoms with Gasteiger partial charge in [0.1, 0.15) is 22.2 Å². The zero-order valence-corrected chi connectivity index (χ0v) is 70.6. The number of benzene rings is 18. The molecule has 11 nitrogen and oxygen atoms in total. The Kier molecular flexibility index (Phi) is 18.0. The summed E-state index contributed by atoms with van der Waals surface area (Å²) in [7, 11) is 0. The van der Waals surface area contributed by atoms with E-state index < -0.39 is 10.8 Å². The molecule has 0 saturated carbocycles. The van der Waals surface area contributed by atoms with Crippen molar-refractivity contribution in [2.75, 3.05) is 0 Å². The molecule has 0 spiro atoms. The Morgan fingerprint density at radius 3 is 0.808 bits per heavy atom. The summed E-state index contributed by atoms with van der Waals surface area (Å²) >= 11 is 1.81. The van der Waals surface area contributed by atoms with Gasteiger partial charge in [-0.25, -0.2) is 39.9 Å². The summed E-state index contributed by atoms with van der Waals surface area (Å²) in [5.41, 5.74) is 30.2. The van der Waals surface area contributed by atoms with Crippen LogP contribution in [0.3, 0.4) is 0 Å². The quantitative estimate of drug-likeness (QED) is 0.103. The number of furan rings is 1. The molecule has 0 unspecified atom stereocenters. The summed E-state index contributed by atoms with van der Waals surface area (Å²) in [5, 5.41) is 4.41. The summed E-state index contributed by atoms with van der Waals surface area (Å²) in [6.45, 7) is 0. The van der Waals surface area contributed by atoms with Crippen molar-refractivity contribution >= 4 is 75.6 Å². The van der Waals surface area contributed by atoms with Gasteiger partial charge in [0.2, 0.25) is 11.8 Å². The van der Waals surface area contributed by atoms with Crippen LogP contribution in [-0.4, -0.2) is 39.9 Å². The molecule has 0 bridgehead atoms. The molecule has 2 aliphatic carbocycles. The topological polar surface area (TPSA) is 143 Å². The van der Waals surface area contributed by atoms with Gasteiger partial charge in [-0.05, 0) is 198 Å². The molecule has 2 aliphatic rings. The van der Waals surface area contributed by atoms with Crippen molar-refractivity contribution in [1.82, 2.24) is 39.9 Å². The number of oxazole rings is 2. The first-order valence-corrected chi connectivity index (χ1v) is 44.4. The van der Waals surface area contributed by atoms with E-state index in [1.807, 2.05) is 205 Å². The molecule has 0 aliphatic heterocycles. The Hall–Kier alpha value is -17.1. The van der Waals surface area contributed by atoms with Gasteiger partial charge < -0.3 is 13.3 Å². The number of aromatic nitrogens is 8. The van der Waals surface area contributed by atoms with Gasteiger partial charge in [-0.15, -0.1) is 11.3 Å². The molecule has 26 rings (SSSR count). The van der Waals surface area contributed by atoms with Crippen LogP contribution in [0.15, 0.2) is 450 Å². The fourth-order valence-corrected chi connectivity index (χ4v) is 20.7. The van der Waals surface area contributed by atoms with Crippen molar-refractivity contribution in [3.05, 3.63) is 481 Å². The summed E-state index contributed by atoms with van der Waals surface area (Å²) < 4.78 is 21.9. The lowest BCUT2D eigenvalue weighted by Gasteiger charge is -2.34. The molecule has 0 atom stereocenters. The molecule has 0 radical (unpaired) electrons. The highest BCUT2D eigenvalue weighted by Crippen LogP contribution is 2.59. The molecule has 24 aromatic rings. The Bertz CT molecular complexity index is 7830. The minimum atomic E-state index is -0.601. The van der Waals surface area contributed by atoms with Crippen LogP contribution in [0.4, 0.5) is 0 Å². The Labute approximate surface area is 751 Å². The monoisotopic (exact) mass is 1680 g/mol. The summed E-state index contributed by atoms with van der Waals surface area (Å²) in [6, 6.07) is 153. The SMILES string of the molecule is c1ccc(-c2nc(-c3ccccc3)nc(-c3ccc4oc5ccc(-c6ccc(C7(c8ccc9nc(-c%10ccccc%10)oc9c8)c8ccccc8-c8ccccc87)cc6)cc5c4c3)n2)cc1.c1ccc(-c2nc(-c3ccccc3)nc(-c3ccc4sc5ccc(-c6ccc(C7(c8ccc9nc(-c%10ccccc%10)oc9c8)c8ccccc8-c8ccccc87)cc6)cc5c4c3)n2)cc1. The van der Waals surface area contributed by atoms with Crippen molar-refractivity contribution in [3.8, 4) is 136 Å². The molecule has 0 fully saturated rings. The van der Waals surface area contributed by atoms with Gasteiger partial charge in [0.25, 0.3) is 0 Å². The molecule has 608 valence electrons. The molecule has 0 amide bonds. The highest BCUT2D eigenvalue weighted by atomic mass is 32.1. The van der Waals surface area contributed by atoms with Crippen molar-refractivity contribution in [2.45, 2.75) is 10.8 Å². The van der Waals surface area contributed by atoms with Crippen LogP contribution >= 0.6 is 11.3 Å². The van der Waals surface area contributed by atoms with Crippen LogP contribution in [0, 0.1) is 0 Å². The van der Waals surface area contributed by atoms with Crippen LogP contribution in [0.5, 0.6) is 0 Å². The molecule has 6 heterocycles.